The van der Waals surface area contributed by atoms with E-state index in [1.165, 1.54) is 6.42 Å². The summed E-state index contributed by atoms with van der Waals surface area (Å²) in [4.78, 5) is 0. The van der Waals surface area contributed by atoms with Gasteiger partial charge in [-0.3, -0.25) is 0 Å². The minimum Gasteiger partial charge on any atom is -0.394 e. The third kappa shape index (κ3) is 2.20. The zero-order chi connectivity index (χ0) is 12.6. The Morgan fingerprint density at radius 1 is 0.833 bits per heavy atom. The monoisotopic (exact) mass is 256 g/mol. The van der Waals surface area contributed by atoms with Crippen LogP contribution in [0.2, 0.25) is 0 Å². The normalized spacial score (nSPS) is 45.7. The molecule has 0 saturated heterocycles. The maximum Gasteiger partial charge on any atom is 0.0716 e. The quantitative estimate of drug-likeness (QED) is 0.747. The van der Waals surface area contributed by atoms with Gasteiger partial charge in [0.1, 0.15) is 0 Å². The van der Waals surface area contributed by atoms with Crippen LogP contribution in [0.4, 0.5) is 0 Å². The minimum atomic E-state index is -0.0533. The first kappa shape index (κ1) is 12.9. The second-order valence-corrected chi connectivity index (χ2v) is 6.47. The number of aliphatic hydroxyl groups excluding tert-OH is 2. The number of aliphatic hydroxyl groups is 2. The predicted molar refractivity (Wildman–Crippen MR) is 66.2 cm³/mol. The lowest BCUT2D eigenvalue weighted by Crippen LogP contribution is -2.61. The van der Waals surface area contributed by atoms with Gasteiger partial charge in [0.2, 0.25) is 0 Å². The van der Waals surface area contributed by atoms with E-state index >= 15 is 0 Å². The van der Waals surface area contributed by atoms with Crippen molar-refractivity contribution in [1.29, 1.82) is 0 Å². The van der Waals surface area contributed by atoms with E-state index in [2.05, 4.69) is 0 Å². The van der Waals surface area contributed by atoms with Gasteiger partial charge < -0.3 is 19.7 Å². The smallest absolute Gasteiger partial charge is 0.0716 e. The van der Waals surface area contributed by atoms with Crippen LogP contribution in [0.5, 0.6) is 0 Å². The van der Waals surface area contributed by atoms with Crippen LogP contribution in [0.3, 0.4) is 0 Å². The zero-order valence-corrected chi connectivity index (χ0v) is 10.9. The summed E-state index contributed by atoms with van der Waals surface area (Å²) >= 11 is 0. The van der Waals surface area contributed by atoms with Gasteiger partial charge in [0, 0.05) is 6.42 Å². The molecule has 4 saturated carbocycles. The molecular formula is C14H24O4. The van der Waals surface area contributed by atoms with Gasteiger partial charge in [-0.15, -0.1) is 0 Å². The Bertz CT molecular complexity index is 264. The fraction of sp³-hybridized carbons (Fsp3) is 1.00. The molecule has 0 aromatic heterocycles. The molecule has 18 heavy (non-hydrogen) atoms. The van der Waals surface area contributed by atoms with Crippen molar-refractivity contribution in [3.63, 3.8) is 0 Å². The van der Waals surface area contributed by atoms with Crippen molar-refractivity contribution in [2.24, 2.45) is 11.8 Å². The van der Waals surface area contributed by atoms with Crippen LogP contribution < -0.4 is 0 Å². The third-order valence-corrected chi connectivity index (χ3v) is 4.95. The van der Waals surface area contributed by atoms with Gasteiger partial charge in [-0.25, -0.2) is 0 Å². The molecule has 4 bridgehead atoms. The summed E-state index contributed by atoms with van der Waals surface area (Å²) in [5.41, 5.74) is -0.107. The van der Waals surface area contributed by atoms with E-state index < -0.39 is 0 Å². The van der Waals surface area contributed by atoms with E-state index in [1.807, 2.05) is 0 Å². The van der Waals surface area contributed by atoms with E-state index in [4.69, 9.17) is 19.7 Å². The van der Waals surface area contributed by atoms with E-state index in [0.717, 1.165) is 32.1 Å². The molecule has 0 radical (unpaired) electrons. The fourth-order valence-electron chi connectivity index (χ4n) is 4.96. The Balaban J connectivity index is 1.75. The van der Waals surface area contributed by atoms with Crippen LogP contribution in [0.1, 0.15) is 38.5 Å². The van der Waals surface area contributed by atoms with Gasteiger partial charge >= 0.3 is 0 Å². The molecular weight excluding hydrogens is 232 g/mol. The summed E-state index contributed by atoms with van der Waals surface area (Å²) in [7, 11) is 0. The minimum absolute atomic E-state index is 0.0533. The van der Waals surface area contributed by atoms with Crippen molar-refractivity contribution in [2.45, 2.75) is 49.7 Å². The number of hydrogen-bond donors (Lipinski definition) is 2. The van der Waals surface area contributed by atoms with Crippen molar-refractivity contribution < 1.29 is 19.7 Å². The van der Waals surface area contributed by atoms with Gasteiger partial charge in [-0.05, 0) is 43.9 Å². The highest BCUT2D eigenvalue weighted by Crippen LogP contribution is 2.60. The first-order valence-corrected chi connectivity index (χ1v) is 7.19. The molecule has 4 heteroatoms. The van der Waals surface area contributed by atoms with Crippen molar-refractivity contribution in [1.82, 2.24) is 0 Å². The fourth-order valence-corrected chi connectivity index (χ4v) is 4.96. The molecule has 4 aliphatic carbocycles. The first-order valence-electron chi connectivity index (χ1n) is 7.19. The average molecular weight is 256 g/mol. The van der Waals surface area contributed by atoms with Gasteiger partial charge in [0.15, 0.2) is 0 Å². The lowest BCUT2D eigenvalue weighted by atomic mass is 9.52. The Morgan fingerprint density at radius 3 is 1.67 bits per heavy atom. The standard InChI is InChI=1S/C14H24O4/c15-1-3-17-13-6-11-5-12(7-13)9-14(8-11,10-13)18-4-2-16/h11-12,15-16H,1-10H2. The Hall–Kier alpha value is -0.160. The highest BCUT2D eigenvalue weighted by atomic mass is 16.5. The molecule has 2 N–H and O–H groups in total. The van der Waals surface area contributed by atoms with E-state index in [1.54, 1.807) is 0 Å². The van der Waals surface area contributed by atoms with Gasteiger partial charge in [-0.1, -0.05) is 0 Å². The summed E-state index contributed by atoms with van der Waals surface area (Å²) in [6.45, 7) is 1.08. The van der Waals surface area contributed by atoms with E-state index in [-0.39, 0.29) is 24.4 Å². The Labute approximate surface area is 108 Å². The molecule has 0 spiro atoms. The van der Waals surface area contributed by atoms with Gasteiger partial charge in [-0.2, -0.15) is 0 Å². The molecule has 4 aliphatic rings. The summed E-state index contributed by atoms with van der Waals surface area (Å²) in [6, 6.07) is 0. The molecule has 0 aromatic rings. The van der Waals surface area contributed by atoms with Gasteiger partial charge in [0.25, 0.3) is 0 Å². The highest BCUT2D eigenvalue weighted by Gasteiger charge is 2.59. The predicted octanol–water partition coefficient (Wildman–Crippen LogP) is 1.10. The van der Waals surface area contributed by atoms with Crippen LogP contribution in [0, 0.1) is 11.8 Å². The maximum atomic E-state index is 8.98. The lowest BCUT2D eigenvalue weighted by molar-refractivity contribution is -0.240. The number of rotatable bonds is 6. The van der Waals surface area contributed by atoms with Crippen LogP contribution in [0.15, 0.2) is 0 Å². The average Bonchev–Trinajstić information content (AvgIpc) is 2.32. The topological polar surface area (TPSA) is 58.9 Å². The second kappa shape index (κ2) is 4.75. The molecule has 104 valence electrons. The molecule has 4 rings (SSSR count). The van der Waals surface area contributed by atoms with Crippen LogP contribution in [-0.4, -0.2) is 47.8 Å². The van der Waals surface area contributed by atoms with Crippen molar-refractivity contribution in [3.8, 4) is 0 Å². The molecule has 0 aromatic carbocycles. The van der Waals surface area contributed by atoms with Crippen LogP contribution in [-0.2, 0) is 9.47 Å². The molecule has 4 fully saturated rings. The molecule has 0 heterocycles. The van der Waals surface area contributed by atoms with Gasteiger partial charge in [0.05, 0.1) is 37.6 Å². The van der Waals surface area contributed by atoms with Crippen molar-refractivity contribution in [3.05, 3.63) is 0 Å². The molecule has 0 aliphatic heterocycles. The third-order valence-electron chi connectivity index (χ3n) is 4.95. The Morgan fingerprint density at radius 2 is 1.28 bits per heavy atom. The van der Waals surface area contributed by atoms with Crippen LogP contribution in [0.25, 0.3) is 0 Å². The first-order chi connectivity index (χ1) is 8.69. The SMILES string of the molecule is OCCOC12CC3CC(C1)CC(OCCO)(C3)C2. The highest BCUT2D eigenvalue weighted by molar-refractivity contribution is 5.10. The molecule has 4 nitrogen and oxygen atoms in total. The lowest BCUT2D eigenvalue weighted by Gasteiger charge is -2.61. The van der Waals surface area contributed by atoms with Crippen LogP contribution >= 0.6 is 0 Å². The summed E-state index contributed by atoms with van der Waals surface area (Å²) in [5, 5.41) is 18.0. The Kier molecular flexibility index (Phi) is 3.39. The maximum absolute atomic E-state index is 8.98. The summed E-state index contributed by atoms with van der Waals surface area (Å²) < 4.78 is 12.0. The zero-order valence-electron chi connectivity index (χ0n) is 10.9. The molecule has 0 atom stereocenters. The van der Waals surface area contributed by atoms with E-state index in [0.29, 0.717) is 25.0 Å². The largest absolute Gasteiger partial charge is 0.394 e. The van der Waals surface area contributed by atoms with E-state index in [9.17, 15) is 0 Å². The number of hydrogen-bond acceptors (Lipinski definition) is 4. The number of ether oxygens (including phenoxy) is 2. The molecule has 0 unspecified atom stereocenters. The summed E-state index contributed by atoms with van der Waals surface area (Å²) in [5.74, 6) is 1.42. The second-order valence-electron chi connectivity index (χ2n) is 6.47. The summed E-state index contributed by atoms with van der Waals surface area (Å²) in [6.07, 6.45) is 6.80. The molecule has 0 amide bonds. The van der Waals surface area contributed by atoms with Crippen molar-refractivity contribution in [2.75, 3.05) is 26.4 Å². The van der Waals surface area contributed by atoms with Crippen molar-refractivity contribution >= 4 is 0 Å².